The van der Waals surface area contributed by atoms with E-state index >= 15 is 0 Å². The molecule has 9 heteroatoms. The molecule has 8 nitrogen and oxygen atoms in total. The monoisotopic (exact) mass is 349 g/mol. The van der Waals surface area contributed by atoms with E-state index in [2.05, 4.69) is 10.1 Å². The molecule has 3 aliphatic rings. The third-order valence-electron chi connectivity index (χ3n) is 4.75. The van der Waals surface area contributed by atoms with Crippen LogP contribution in [-0.4, -0.2) is 40.5 Å². The second kappa shape index (κ2) is 4.87. The third-order valence-corrected chi connectivity index (χ3v) is 6.68. The lowest BCUT2D eigenvalue weighted by atomic mass is 9.73. The van der Waals surface area contributed by atoms with Gasteiger partial charge in [0.25, 0.3) is 0 Å². The highest BCUT2D eigenvalue weighted by Gasteiger charge is 2.64. The second-order valence-electron chi connectivity index (χ2n) is 6.32. The van der Waals surface area contributed by atoms with Gasteiger partial charge < -0.3 is 9.63 Å². The number of aromatic carboxylic acids is 1. The van der Waals surface area contributed by atoms with Crippen LogP contribution in [0, 0.1) is 12.8 Å². The Kier molecular flexibility index (Phi) is 3.10. The Balaban J connectivity index is 1.77. The Morgan fingerprint density at radius 3 is 2.79 bits per heavy atom. The largest absolute Gasteiger partial charge is 0.478 e. The van der Waals surface area contributed by atoms with Crippen molar-refractivity contribution in [1.29, 1.82) is 0 Å². The smallest absolute Gasteiger partial charge is 0.335 e. The van der Waals surface area contributed by atoms with Gasteiger partial charge in [0.1, 0.15) is 5.54 Å². The summed E-state index contributed by atoms with van der Waals surface area (Å²) in [6.45, 7) is 2.06. The molecular weight excluding hydrogens is 334 g/mol. The van der Waals surface area contributed by atoms with E-state index in [1.54, 1.807) is 6.92 Å². The molecule has 1 aliphatic carbocycles. The van der Waals surface area contributed by atoms with Crippen LogP contribution >= 0.6 is 0 Å². The van der Waals surface area contributed by atoms with Crippen LogP contribution in [0.1, 0.15) is 34.9 Å². The Morgan fingerprint density at radius 1 is 1.42 bits per heavy atom. The van der Waals surface area contributed by atoms with Gasteiger partial charge >= 0.3 is 5.97 Å². The Morgan fingerprint density at radius 2 is 2.17 bits per heavy atom. The normalized spacial score (nSPS) is 26.3. The molecule has 0 unspecified atom stereocenters. The number of carboxylic acids is 1. The molecule has 0 atom stereocenters. The van der Waals surface area contributed by atoms with Gasteiger partial charge in [-0.05, 0) is 43.9 Å². The van der Waals surface area contributed by atoms with Crippen molar-refractivity contribution in [2.24, 2.45) is 5.92 Å². The van der Waals surface area contributed by atoms with Crippen LogP contribution in [0.2, 0.25) is 0 Å². The van der Waals surface area contributed by atoms with Gasteiger partial charge in [0.15, 0.2) is 5.82 Å². The average Bonchev–Trinajstić information content (AvgIpc) is 3.19. The molecule has 0 radical (unpaired) electrons. The SMILES string of the molecule is Cc1noc(C23CC(CN2S(=O)(=O)c2cccc(C(=O)O)c2)C3)n1. The molecule has 1 aromatic carbocycles. The maximum absolute atomic E-state index is 13.1. The number of hydrogen-bond acceptors (Lipinski definition) is 6. The summed E-state index contributed by atoms with van der Waals surface area (Å²) in [4.78, 5) is 15.3. The zero-order chi connectivity index (χ0) is 17.1. The number of sulfonamides is 1. The molecule has 24 heavy (non-hydrogen) atoms. The van der Waals surface area contributed by atoms with Gasteiger partial charge in [-0.3, -0.25) is 0 Å². The van der Waals surface area contributed by atoms with E-state index in [9.17, 15) is 13.2 Å². The maximum atomic E-state index is 13.1. The summed E-state index contributed by atoms with van der Waals surface area (Å²) in [6.07, 6.45) is 1.29. The van der Waals surface area contributed by atoms with Gasteiger partial charge in [-0.1, -0.05) is 11.2 Å². The number of carboxylic acid groups (broad SMARTS) is 1. The van der Waals surface area contributed by atoms with Crippen LogP contribution in [0.5, 0.6) is 0 Å². The number of aromatic nitrogens is 2. The summed E-state index contributed by atoms with van der Waals surface area (Å²) in [7, 11) is -3.86. The van der Waals surface area contributed by atoms with E-state index in [0.29, 0.717) is 31.1 Å². The molecule has 1 aromatic heterocycles. The number of nitrogens with zero attached hydrogens (tertiary/aromatic N) is 3. The average molecular weight is 349 g/mol. The van der Waals surface area contributed by atoms with Crippen molar-refractivity contribution in [2.45, 2.75) is 30.2 Å². The first-order valence-electron chi connectivity index (χ1n) is 7.50. The fourth-order valence-electron chi connectivity index (χ4n) is 3.65. The highest BCUT2D eigenvalue weighted by molar-refractivity contribution is 7.89. The van der Waals surface area contributed by atoms with E-state index in [1.165, 1.54) is 28.6 Å². The minimum atomic E-state index is -3.86. The van der Waals surface area contributed by atoms with Crippen molar-refractivity contribution < 1.29 is 22.8 Å². The molecular formula is C15H15N3O5S. The lowest BCUT2D eigenvalue weighted by Crippen LogP contribution is -2.46. The highest BCUT2D eigenvalue weighted by atomic mass is 32.2. The van der Waals surface area contributed by atoms with Gasteiger partial charge in [0, 0.05) is 6.54 Å². The van der Waals surface area contributed by atoms with Crippen molar-refractivity contribution in [1.82, 2.24) is 14.4 Å². The van der Waals surface area contributed by atoms with Crippen molar-refractivity contribution in [3.63, 3.8) is 0 Å². The zero-order valence-corrected chi connectivity index (χ0v) is 13.7. The Labute approximate surface area is 138 Å². The number of rotatable bonds is 4. The fourth-order valence-corrected chi connectivity index (χ4v) is 5.52. The first-order chi connectivity index (χ1) is 11.3. The van der Waals surface area contributed by atoms with E-state index < -0.39 is 21.5 Å². The predicted octanol–water partition coefficient (Wildman–Crippen LogP) is 1.39. The molecule has 3 heterocycles. The van der Waals surface area contributed by atoms with Crippen molar-refractivity contribution in [3.8, 4) is 0 Å². The van der Waals surface area contributed by atoms with Crippen molar-refractivity contribution >= 4 is 16.0 Å². The summed E-state index contributed by atoms with van der Waals surface area (Å²) in [5.74, 6) is -0.138. The fraction of sp³-hybridized carbons (Fsp3) is 0.400. The summed E-state index contributed by atoms with van der Waals surface area (Å²) in [5, 5.41) is 12.9. The Hall–Kier alpha value is -2.26. The van der Waals surface area contributed by atoms with Crippen LogP contribution in [0.4, 0.5) is 0 Å². The molecule has 3 fully saturated rings. The number of fused-ring (bicyclic) bond motifs is 1. The van der Waals surface area contributed by atoms with E-state index in [4.69, 9.17) is 9.63 Å². The van der Waals surface area contributed by atoms with E-state index in [0.717, 1.165) is 0 Å². The van der Waals surface area contributed by atoms with Gasteiger partial charge in [-0.25, -0.2) is 13.2 Å². The van der Waals surface area contributed by atoms with E-state index in [-0.39, 0.29) is 16.4 Å². The van der Waals surface area contributed by atoms with Crippen molar-refractivity contribution in [2.75, 3.05) is 6.54 Å². The number of benzene rings is 1. The predicted molar refractivity (Wildman–Crippen MR) is 80.7 cm³/mol. The summed E-state index contributed by atoms with van der Waals surface area (Å²) in [6, 6.07) is 5.38. The molecule has 2 bridgehead atoms. The maximum Gasteiger partial charge on any atom is 0.335 e. The highest BCUT2D eigenvalue weighted by Crippen LogP contribution is 2.58. The number of carbonyl (C=O) groups is 1. The molecule has 5 rings (SSSR count). The third kappa shape index (κ3) is 2.01. The number of aryl methyl sites for hydroxylation is 1. The zero-order valence-electron chi connectivity index (χ0n) is 12.8. The Bertz CT molecular complexity index is 930. The molecule has 0 amide bonds. The molecule has 2 saturated heterocycles. The standard InChI is InChI=1S/C15H15N3O5S/c1-9-16-14(23-17-9)15-6-10(7-15)8-18(15)24(21,22)12-4-2-3-11(5-12)13(19)20/h2-5,10H,6-8H2,1H3,(H,19,20). The lowest BCUT2D eigenvalue weighted by molar-refractivity contribution is 0.0696. The lowest BCUT2D eigenvalue weighted by Gasteiger charge is -2.38. The molecule has 1 saturated carbocycles. The molecule has 2 aromatic rings. The van der Waals surface area contributed by atoms with Crippen LogP contribution in [0.15, 0.2) is 33.7 Å². The van der Waals surface area contributed by atoms with Gasteiger partial charge in [-0.2, -0.15) is 9.29 Å². The number of hydrogen-bond donors (Lipinski definition) is 1. The minimum absolute atomic E-state index is 0.0365. The van der Waals surface area contributed by atoms with E-state index in [1.807, 2.05) is 0 Å². The summed E-state index contributed by atoms with van der Waals surface area (Å²) >= 11 is 0. The van der Waals surface area contributed by atoms with Crippen LogP contribution in [-0.2, 0) is 15.6 Å². The summed E-state index contributed by atoms with van der Waals surface area (Å²) < 4.78 is 32.8. The van der Waals surface area contributed by atoms with Crippen molar-refractivity contribution in [3.05, 3.63) is 41.5 Å². The molecule has 2 aliphatic heterocycles. The molecule has 126 valence electrons. The second-order valence-corrected chi connectivity index (χ2v) is 8.18. The topological polar surface area (TPSA) is 114 Å². The van der Waals surface area contributed by atoms with Crippen LogP contribution in [0.3, 0.4) is 0 Å². The van der Waals surface area contributed by atoms with Gasteiger partial charge in [-0.15, -0.1) is 0 Å². The molecule has 0 spiro atoms. The van der Waals surface area contributed by atoms with Crippen LogP contribution < -0.4 is 0 Å². The molecule has 1 N–H and O–H groups in total. The quantitative estimate of drug-likeness (QED) is 0.887. The first-order valence-corrected chi connectivity index (χ1v) is 8.94. The van der Waals surface area contributed by atoms with Crippen LogP contribution in [0.25, 0.3) is 0 Å². The first kappa shape index (κ1) is 15.3. The summed E-state index contributed by atoms with van der Waals surface area (Å²) in [5.41, 5.74) is -0.866. The minimum Gasteiger partial charge on any atom is -0.478 e. The van der Waals surface area contributed by atoms with Gasteiger partial charge in [0.2, 0.25) is 15.9 Å². The van der Waals surface area contributed by atoms with Gasteiger partial charge in [0.05, 0.1) is 10.5 Å².